The lowest BCUT2D eigenvalue weighted by Gasteiger charge is -2.06. The van der Waals surface area contributed by atoms with Gasteiger partial charge in [0.1, 0.15) is 17.3 Å². The molecule has 0 radical (unpaired) electrons. The summed E-state index contributed by atoms with van der Waals surface area (Å²) in [7, 11) is 0. The van der Waals surface area contributed by atoms with Crippen LogP contribution in [0.3, 0.4) is 0 Å². The van der Waals surface area contributed by atoms with Crippen molar-refractivity contribution < 1.29 is 0 Å². The van der Waals surface area contributed by atoms with E-state index in [0.717, 1.165) is 29.4 Å². The number of benzene rings is 1. The molecule has 0 aliphatic carbocycles. The quantitative estimate of drug-likeness (QED) is 0.895. The first-order chi connectivity index (χ1) is 8.54. The van der Waals surface area contributed by atoms with Gasteiger partial charge in [0.05, 0.1) is 0 Å². The molecule has 1 aromatic heterocycles. The van der Waals surface area contributed by atoms with Gasteiger partial charge in [-0.2, -0.15) is 0 Å². The molecule has 0 aliphatic heterocycles. The second-order valence-electron chi connectivity index (χ2n) is 4.91. The van der Waals surface area contributed by atoms with Crippen molar-refractivity contribution in [1.82, 2.24) is 9.55 Å². The molecule has 0 atom stereocenters. The topological polar surface area (TPSA) is 43.8 Å². The first-order valence-electron chi connectivity index (χ1n) is 6.47. The van der Waals surface area contributed by atoms with Crippen molar-refractivity contribution in [2.45, 2.75) is 40.2 Å². The largest absolute Gasteiger partial charge is 0.383 e. The lowest BCUT2D eigenvalue weighted by atomic mass is 10.0. The van der Waals surface area contributed by atoms with Crippen LogP contribution in [0.15, 0.2) is 24.3 Å². The summed E-state index contributed by atoms with van der Waals surface area (Å²) in [6.07, 6.45) is 0. The highest BCUT2D eigenvalue weighted by Gasteiger charge is 2.12. The van der Waals surface area contributed by atoms with Crippen molar-refractivity contribution >= 4 is 5.82 Å². The molecule has 0 amide bonds. The Morgan fingerprint density at radius 3 is 2.28 bits per heavy atom. The van der Waals surface area contributed by atoms with Gasteiger partial charge in [-0.05, 0) is 25.3 Å². The Hall–Kier alpha value is -1.77. The molecule has 0 fully saturated rings. The third-order valence-electron chi connectivity index (χ3n) is 3.36. The Bertz CT molecular complexity index is 536. The minimum Gasteiger partial charge on any atom is -0.383 e. The number of nitrogen functional groups attached to an aromatic ring is 1. The summed E-state index contributed by atoms with van der Waals surface area (Å²) >= 11 is 0. The summed E-state index contributed by atoms with van der Waals surface area (Å²) in [6, 6.07) is 8.51. The summed E-state index contributed by atoms with van der Waals surface area (Å²) in [6.45, 7) is 9.32. The monoisotopic (exact) mass is 243 g/mol. The van der Waals surface area contributed by atoms with Gasteiger partial charge in [0, 0.05) is 12.1 Å². The summed E-state index contributed by atoms with van der Waals surface area (Å²) in [4.78, 5) is 4.56. The van der Waals surface area contributed by atoms with Crippen LogP contribution in [0.25, 0.3) is 11.3 Å². The molecule has 0 spiro atoms. The van der Waals surface area contributed by atoms with E-state index < -0.39 is 0 Å². The third kappa shape index (κ3) is 2.13. The van der Waals surface area contributed by atoms with E-state index in [4.69, 9.17) is 5.73 Å². The van der Waals surface area contributed by atoms with Crippen LogP contribution in [0.2, 0.25) is 0 Å². The number of aromatic nitrogens is 2. The maximum atomic E-state index is 6.15. The van der Waals surface area contributed by atoms with Crippen LogP contribution in [-0.4, -0.2) is 9.55 Å². The van der Waals surface area contributed by atoms with E-state index in [1.807, 2.05) is 11.5 Å². The summed E-state index contributed by atoms with van der Waals surface area (Å²) in [5.74, 6) is 2.27. The number of nitrogens with two attached hydrogens (primary N) is 1. The van der Waals surface area contributed by atoms with Crippen molar-refractivity contribution in [3.8, 4) is 11.3 Å². The summed E-state index contributed by atoms with van der Waals surface area (Å²) in [5, 5.41) is 0. The zero-order valence-electron chi connectivity index (χ0n) is 11.6. The van der Waals surface area contributed by atoms with Gasteiger partial charge in [-0.25, -0.2) is 4.98 Å². The predicted molar refractivity (Wildman–Crippen MR) is 76.6 cm³/mol. The Balaban J connectivity index is 2.43. The fraction of sp³-hybridized carbons (Fsp3) is 0.400. The van der Waals surface area contributed by atoms with Crippen LogP contribution in [0.1, 0.15) is 38.1 Å². The molecule has 0 saturated heterocycles. The molecule has 2 aromatic rings. The van der Waals surface area contributed by atoms with Crippen molar-refractivity contribution in [3.63, 3.8) is 0 Å². The molecule has 2 rings (SSSR count). The predicted octanol–water partition coefficient (Wildman–Crippen LogP) is 3.58. The second kappa shape index (κ2) is 4.84. The van der Waals surface area contributed by atoms with Gasteiger partial charge in [0.2, 0.25) is 0 Å². The van der Waals surface area contributed by atoms with E-state index in [1.165, 1.54) is 5.56 Å². The maximum absolute atomic E-state index is 6.15. The fourth-order valence-corrected chi connectivity index (χ4v) is 2.22. The Morgan fingerprint density at radius 1 is 1.22 bits per heavy atom. The van der Waals surface area contributed by atoms with Crippen LogP contribution >= 0.6 is 0 Å². The van der Waals surface area contributed by atoms with E-state index in [1.54, 1.807) is 0 Å². The zero-order valence-corrected chi connectivity index (χ0v) is 11.6. The first kappa shape index (κ1) is 12.7. The van der Waals surface area contributed by atoms with E-state index in [0.29, 0.717) is 5.92 Å². The molecule has 0 saturated carbocycles. The average molecular weight is 243 g/mol. The molecular weight excluding hydrogens is 222 g/mol. The van der Waals surface area contributed by atoms with Gasteiger partial charge in [-0.15, -0.1) is 0 Å². The molecule has 2 N–H and O–H groups in total. The van der Waals surface area contributed by atoms with Crippen LogP contribution in [0.4, 0.5) is 5.82 Å². The van der Waals surface area contributed by atoms with Gasteiger partial charge in [-0.3, -0.25) is 0 Å². The minimum absolute atomic E-state index is 0.548. The van der Waals surface area contributed by atoms with Crippen LogP contribution in [0.5, 0.6) is 0 Å². The van der Waals surface area contributed by atoms with Crippen molar-refractivity contribution in [2.24, 2.45) is 0 Å². The number of anilines is 1. The van der Waals surface area contributed by atoms with Gasteiger partial charge >= 0.3 is 0 Å². The van der Waals surface area contributed by atoms with Gasteiger partial charge in [0.15, 0.2) is 0 Å². The maximum Gasteiger partial charge on any atom is 0.131 e. The standard InChI is InChI=1S/C15H21N3/c1-5-18-11(4)17-14(15(18)16)13-8-6-12(7-9-13)10(2)3/h6-10H,5,16H2,1-4H3. The molecule has 1 aromatic carbocycles. The highest BCUT2D eigenvalue weighted by Crippen LogP contribution is 2.27. The Morgan fingerprint density at radius 2 is 1.83 bits per heavy atom. The molecule has 0 aliphatic rings. The van der Waals surface area contributed by atoms with Crippen LogP contribution < -0.4 is 5.73 Å². The Kier molecular flexibility index (Phi) is 3.41. The van der Waals surface area contributed by atoms with Gasteiger partial charge in [0.25, 0.3) is 0 Å². The fourth-order valence-electron chi connectivity index (χ4n) is 2.22. The lowest BCUT2D eigenvalue weighted by molar-refractivity contribution is 0.739. The number of imidazole rings is 1. The van der Waals surface area contributed by atoms with Gasteiger partial charge in [-0.1, -0.05) is 38.1 Å². The Labute approximate surface area is 109 Å². The molecule has 3 nitrogen and oxygen atoms in total. The third-order valence-corrected chi connectivity index (χ3v) is 3.36. The molecule has 0 unspecified atom stereocenters. The molecule has 18 heavy (non-hydrogen) atoms. The highest BCUT2D eigenvalue weighted by atomic mass is 15.1. The number of rotatable bonds is 3. The van der Waals surface area contributed by atoms with E-state index in [9.17, 15) is 0 Å². The van der Waals surface area contributed by atoms with Crippen molar-refractivity contribution in [1.29, 1.82) is 0 Å². The molecule has 96 valence electrons. The number of aryl methyl sites for hydroxylation is 1. The SMILES string of the molecule is CCn1c(C)nc(-c2ccc(C(C)C)cc2)c1N. The second-order valence-corrected chi connectivity index (χ2v) is 4.91. The lowest BCUT2D eigenvalue weighted by Crippen LogP contribution is -2.02. The number of hydrogen-bond donors (Lipinski definition) is 1. The van der Waals surface area contributed by atoms with Crippen molar-refractivity contribution in [3.05, 3.63) is 35.7 Å². The molecule has 3 heteroatoms. The average Bonchev–Trinajstić information content (AvgIpc) is 2.64. The van der Waals surface area contributed by atoms with Gasteiger partial charge < -0.3 is 10.3 Å². The first-order valence-corrected chi connectivity index (χ1v) is 6.47. The molecule has 1 heterocycles. The number of nitrogens with zero attached hydrogens (tertiary/aromatic N) is 2. The molecule has 0 bridgehead atoms. The van der Waals surface area contributed by atoms with E-state index >= 15 is 0 Å². The summed E-state index contributed by atoms with van der Waals surface area (Å²) in [5.41, 5.74) is 9.47. The summed E-state index contributed by atoms with van der Waals surface area (Å²) < 4.78 is 2.03. The normalized spacial score (nSPS) is 11.2. The van der Waals surface area contributed by atoms with E-state index in [2.05, 4.69) is 50.0 Å². The van der Waals surface area contributed by atoms with E-state index in [-0.39, 0.29) is 0 Å². The highest BCUT2D eigenvalue weighted by molar-refractivity contribution is 5.71. The van der Waals surface area contributed by atoms with Crippen LogP contribution in [0, 0.1) is 6.92 Å². The smallest absolute Gasteiger partial charge is 0.131 e. The molecular formula is C15H21N3. The minimum atomic E-state index is 0.548. The number of hydrogen-bond acceptors (Lipinski definition) is 2. The van der Waals surface area contributed by atoms with Crippen molar-refractivity contribution in [2.75, 3.05) is 5.73 Å². The zero-order chi connectivity index (χ0) is 13.3. The van der Waals surface area contributed by atoms with Crippen LogP contribution in [-0.2, 0) is 6.54 Å².